The first-order chi connectivity index (χ1) is 16.5. The molecule has 3 heteroatoms. The van der Waals surface area contributed by atoms with Crippen molar-refractivity contribution in [2.24, 2.45) is 0 Å². The molecule has 180 valence electrons. The van der Waals surface area contributed by atoms with E-state index in [0.29, 0.717) is 24.7 Å². The van der Waals surface area contributed by atoms with E-state index < -0.39 is 0 Å². The van der Waals surface area contributed by atoms with E-state index in [0.717, 1.165) is 24.9 Å². The van der Waals surface area contributed by atoms with Crippen LogP contribution in [0.4, 0.5) is 0 Å². The second-order valence-corrected chi connectivity index (χ2v) is 11.3. The molecule has 0 aromatic heterocycles. The van der Waals surface area contributed by atoms with Gasteiger partial charge in [0.25, 0.3) is 0 Å². The van der Waals surface area contributed by atoms with Crippen LogP contribution in [0.2, 0.25) is 0 Å². The predicted octanol–water partition coefficient (Wildman–Crippen LogP) is 7.68. The molecule has 0 spiro atoms. The van der Waals surface area contributed by atoms with E-state index in [1.807, 2.05) is 60.7 Å². The zero-order valence-corrected chi connectivity index (χ0v) is 30.2. The zero-order chi connectivity index (χ0) is 24.9. The van der Waals surface area contributed by atoms with Gasteiger partial charge in [-0.05, 0) is 11.1 Å². The first-order valence-electron chi connectivity index (χ1n) is 12.1. The van der Waals surface area contributed by atoms with Crippen molar-refractivity contribution in [3.8, 4) is 0 Å². The van der Waals surface area contributed by atoms with E-state index in [-0.39, 0.29) is 26.2 Å². The average Bonchev–Trinajstić information content (AvgIpc) is 3.62. The Labute approximate surface area is 249 Å². The number of allylic oxidation sites excluding steroid dienone is 10. The Morgan fingerprint density at radius 2 is 1.06 bits per heavy atom. The van der Waals surface area contributed by atoms with Crippen LogP contribution in [0.25, 0.3) is 12.2 Å². The molecule has 4 rings (SSSR count). The first kappa shape index (κ1) is 33.6. The Kier molecular flexibility index (Phi) is 22.1. The smallest absolute Gasteiger partial charge is 0.273 e. The molecule has 0 unspecified atom stereocenters. The molecule has 0 saturated heterocycles. The number of rotatable bonds is 5. The standard InChI is InChI=1S/C16H14.C6H14N.2C5H5.In.Zr.2H/c1-3-9-15(10-4-1)13-7-8-14-16-11-5-2-6-12-16;1-5(2)7-6(3)4;2*1-2-4-5-3-1;;;;/h1-14H;5-6H,1-4H3;2*1-3H,4H2;;;;/q;3*-1;+1;+2;;. The van der Waals surface area contributed by atoms with E-state index in [4.69, 9.17) is 0 Å². The molecule has 0 bridgehead atoms. The molecule has 0 saturated carbocycles. The van der Waals surface area contributed by atoms with Gasteiger partial charge < -0.3 is 0 Å². The van der Waals surface area contributed by atoms with Gasteiger partial charge in [0.15, 0.2) is 0 Å². The summed E-state index contributed by atoms with van der Waals surface area (Å²) in [5.41, 5.74) is 2.44. The molecule has 2 aromatic carbocycles. The van der Waals surface area contributed by atoms with Crippen LogP contribution >= 0.6 is 0 Å². The second-order valence-electron chi connectivity index (χ2n) is 8.40. The van der Waals surface area contributed by atoms with Crippen molar-refractivity contribution < 1.29 is 26.2 Å². The van der Waals surface area contributed by atoms with Crippen molar-refractivity contribution in [1.82, 2.24) is 2.89 Å². The van der Waals surface area contributed by atoms with Crippen LogP contribution in [0.15, 0.2) is 109 Å². The zero-order valence-electron chi connectivity index (χ0n) is 22.1. The Hall–Kier alpha value is -1.41. The molecular formula is C32H40InNZr. The summed E-state index contributed by atoms with van der Waals surface area (Å²) >= 11 is 0.701. The quantitative estimate of drug-likeness (QED) is 0.239. The van der Waals surface area contributed by atoms with Crippen LogP contribution in [0.1, 0.15) is 51.7 Å². The maximum atomic E-state index is 2.99. The van der Waals surface area contributed by atoms with Crippen molar-refractivity contribution in [1.29, 1.82) is 0 Å². The summed E-state index contributed by atoms with van der Waals surface area (Å²) in [7, 11) is 0. The Morgan fingerprint density at radius 1 is 0.686 bits per heavy atom. The summed E-state index contributed by atoms with van der Waals surface area (Å²) < 4.78 is 2.54. The van der Waals surface area contributed by atoms with Gasteiger partial charge in [-0.2, -0.15) is 12.2 Å². The maximum Gasteiger partial charge on any atom is 2.00 e. The molecule has 1 nitrogen and oxygen atoms in total. The minimum atomic E-state index is 0. The number of hydrogen-bond acceptors (Lipinski definition) is 1. The molecule has 0 amide bonds. The van der Waals surface area contributed by atoms with Crippen LogP contribution in [-0.4, -0.2) is 39.6 Å². The average molecular weight is 645 g/mol. The monoisotopic (exact) mass is 643 g/mol. The number of nitrogens with zero attached hydrogens (tertiary/aromatic N) is 1. The van der Waals surface area contributed by atoms with Crippen LogP contribution in [0.3, 0.4) is 0 Å². The molecule has 0 heterocycles. The van der Waals surface area contributed by atoms with Crippen molar-refractivity contribution in [2.75, 3.05) is 0 Å². The van der Waals surface area contributed by atoms with Gasteiger partial charge in [0.1, 0.15) is 0 Å². The maximum absolute atomic E-state index is 2.99. The molecule has 2 aromatic rings. The molecule has 2 aliphatic rings. The van der Waals surface area contributed by atoms with Gasteiger partial charge in [0.2, 0.25) is 0 Å². The molecule has 0 fully saturated rings. The van der Waals surface area contributed by atoms with E-state index in [9.17, 15) is 0 Å². The fourth-order valence-electron chi connectivity index (χ4n) is 2.74. The van der Waals surface area contributed by atoms with Crippen LogP contribution in [-0.2, 0) is 26.2 Å². The van der Waals surface area contributed by atoms with E-state index in [1.54, 1.807) is 0 Å². The minimum Gasteiger partial charge on any atom is -0.273 e. The second kappa shape index (κ2) is 23.0. The topological polar surface area (TPSA) is 3.24 Å². The minimum absolute atomic E-state index is 0. The number of benzene rings is 2. The van der Waals surface area contributed by atoms with E-state index in [2.05, 4.69) is 103 Å². The Morgan fingerprint density at radius 3 is 1.26 bits per heavy atom. The molecule has 35 heavy (non-hydrogen) atoms. The molecule has 0 N–H and O–H groups in total. The van der Waals surface area contributed by atoms with Gasteiger partial charge in [-0.3, -0.25) is 12.2 Å². The van der Waals surface area contributed by atoms with Gasteiger partial charge in [0, 0.05) is 0 Å². The van der Waals surface area contributed by atoms with Crippen molar-refractivity contribution in [2.45, 2.75) is 52.6 Å². The summed E-state index contributed by atoms with van der Waals surface area (Å²) in [6.07, 6.45) is 28.3. The summed E-state index contributed by atoms with van der Waals surface area (Å²) in [5.74, 6) is 0. The van der Waals surface area contributed by atoms with Gasteiger partial charge >= 0.3 is 93.5 Å². The Balaban J connectivity index is 0.000000506. The SMILES string of the molecule is C(C=Cc1ccccc1)=Cc1ccccc1.CC(C)[N]([InH2])C(C)C.[C-]1=CC=CC1.[C-]1=CC=CC1.[Zr+2]. The molecule has 2 aliphatic carbocycles. The van der Waals surface area contributed by atoms with Crippen LogP contribution in [0, 0.1) is 12.2 Å². The van der Waals surface area contributed by atoms with E-state index >= 15 is 0 Å². The van der Waals surface area contributed by atoms with Crippen molar-refractivity contribution in [3.05, 3.63) is 133 Å². The van der Waals surface area contributed by atoms with Crippen LogP contribution < -0.4 is 0 Å². The predicted molar refractivity (Wildman–Crippen MR) is 155 cm³/mol. The fourth-order valence-corrected chi connectivity index (χ4v) is 2.74. The largest absolute Gasteiger partial charge is 2.00 e. The van der Waals surface area contributed by atoms with Gasteiger partial charge in [-0.15, -0.1) is 12.8 Å². The third kappa shape index (κ3) is 19.5. The van der Waals surface area contributed by atoms with Gasteiger partial charge in [-0.25, -0.2) is 24.3 Å². The van der Waals surface area contributed by atoms with Gasteiger partial charge in [0.05, 0.1) is 0 Å². The molecule has 0 aliphatic heterocycles. The summed E-state index contributed by atoms with van der Waals surface area (Å²) in [6.45, 7) is 9.04. The summed E-state index contributed by atoms with van der Waals surface area (Å²) in [4.78, 5) is 0. The Bertz CT molecular complexity index is 825. The third-order valence-corrected chi connectivity index (χ3v) is 11.0. The summed E-state index contributed by atoms with van der Waals surface area (Å²) in [5, 5.41) is 0. The van der Waals surface area contributed by atoms with Crippen molar-refractivity contribution in [3.63, 3.8) is 0 Å². The fraction of sp³-hybridized carbons (Fsp3) is 0.250. The third-order valence-electron chi connectivity index (χ3n) is 5.09. The number of hydrogen-bond donors (Lipinski definition) is 0. The van der Waals surface area contributed by atoms with Crippen molar-refractivity contribution >= 4 is 36.8 Å². The van der Waals surface area contributed by atoms with E-state index in [1.165, 1.54) is 11.1 Å². The van der Waals surface area contributed by atoms with Crippen LogP contribution in [0.5, 0.6) is 0 Å². The first-order valence-corrected chi connectivity index (χ1v) is 14.7. The normalized spacial score (nSPS) is 12.9. The molecule has 0 radical (unpaired) electrons. The molecular weight excluding hydrogens is 604 g/mol. The van der Waals surface area contributed by atoms with Gasteiger partial charge in [-0.1, -0.05) is 85.0 Å². The molecule has 0 atom stereocenters. The summed E-state index contributed by atoms with van der Waals surface area (Å²) in [6, 6.07) is 22.1.